The van der Waals surface area contributed by atoms with Crippen LogP contribution < -0.4 is 24.0 Å². The minimum atomic E-state index is 0. The molecule has 1 amide bonds. The summed E-state index contributed by atoms with van der Waals surface area (Å²) in [4.78, 5) is 16.4. The van der Waals surface area contributed by atoms with E-state index in [4.69, 9.17) is 4.84 Å². The van der Waals surface area contributed by atoms with E-state index < -0.39 is 0 Å². The molecule has 1 rings (SSSR count). The van der Waals surface area contributed by atoms with Crippen molar-refractivity contribution in [2.75, 3.05) is 34.7 Å². The van der Waals surface area contributed by atoms with Crippen molar-refractivity contribution in [1.82, 2.24) is 5.06 Å². The number of amides is 1. The first-order valence-electron chi connectivity index (χ1n) is 4.12. The largest absolute Gasteiger partial charge is 1.00 e. The zero-order valence-electron chi connectivity index (χ0n) is 8.58. The van der Waals surface area contributed by atoms with Crippen LogP contribution in [0.15, 0.2) is 0 Å². The summed E-state index contributed by atoms with van der Waals surface area (Å²) in [5.74, 6) is 0.0773. The average molecular weight is 300 g/mol. The molecule has 1 heterocycles. The molecule has 0 aromatic carbocycles. The summed E-state index contributed by atoms with van der Waals surface area (Å²) in [5, 5.41) is 1.33. The first kappa shape index (κ1) is 13.1. The van der Waals surface area contributed by atoms with Crippen LogP contribution in [-0.2, 0) is 9.63 Å². The average Bonchev–Trinajstić information content (AvgIpc) is 2.07. The Kier molecular flexibility index (Phi) is 4.61. The number of hydrogen-bond acceptors (Lipinski definition) is 2. The second-order valence-electron chi connectivity index (χ2n) is 4.30. The Hall–Kier alpha value is 0.120. The Morgan fingerprint density at radius 2 is 2.08 bits per heavy atom. The highest BCUT2D eigenvalue weighted by atomic mass is 127. The summed E-state index contributed by atoms with van der Waals surface area (Å²) in [5.41, 5.74) is 0. The van der Waals surface area contributed by atoms with Gasteiger partial charge in [0.25, 0.3) is 0 Å². The highest BCUT2D eigenvalue weighted by Gasteiger charge is 2.32. The smallest absolute Gasteiger partial charge is 0.248 e. The number of hydrogen-bond donors (Lipinski definition) is 0. The van der Waals surface area contributed by atoms with Crippen molar-refractivity contribution in [1.29, 1.82) is 0 Å². The topological polar surface area (TPSA) is 29.5 Å². The van der Waals surface area contributed by atoms with Crippen LogP contribution in [0.25, 0.3) is 0 Å². The predicted octanol–water partition coefficient (Wildman–Crippen LogP) is -3.14. The molecule has 13 heavy (non-hydrogen) atoms. The highest BCUT2D eigenvalue weighted by molar-refractivity contribution is 5.76. The molecule has 78 valence electrons. The lowest BCUT2D eigenvalue weighted by molar-refractivity contribution is -0.873. The quantitative estimate of drug-likeness (QED) is 0.398. The summed E-state index contributed by atoms with van der Waals surface area (Å²) in [6, 6.07) is 0. The van der Waals surface area contributed by atoms with E-state index in [9.17, 15) is 4.79 Å². The maximum absolute atomic E-state index is 11.1. The Morgan fingerprint density at radius 1 is 1.54 bits per heavy atom. The van der Waals surface area contributed by atoms with Crippen LogP contribution in [0, 0.1) is 0 Å². The van der Waals surface area contributed by atoms with E-state index in [0.717, 1.165) is 11.0 Å². The normalized spacial score (nSPS) is 23.2. The number of nitrogens with zero attached hydrogens (tertiary/aromatic N) is 2. The number of rotatable bonds is 2. The van der Waals surface area contributed by atoms with E-state index in [1.165, 1.54) is 5.06 Å². The second-order valence-corrected chi connectivity index (χ2v) is 4.30. The van der Waals surface area contributed by atoms with Crippen molar-refractivity contribution in [2.45, 2.75) is 12.5 Å². The van der Waals surface area contributed by atoms with Gasteiger partial charge in [-0.05, 0) is 0 Å². The zero-order chi connectivity index (χ0) is 9.35. The molecular formula is C8H17IN2O2. The molecule has 5 heteroatoms. The third-order valence-electron chi connectivity index (χ3n) is 1.81. The lowest BCUT2D eigenvalue weighted by Gasteiger charge is -2.26. The summed E-state index contributed by atoms with van der Waals surface area (Å²) in [7, 11) is 7.93. The van der Waals surface area contributed by atoms with Gasteiger partial charge in [-0.1, -0.05) is 0 Å². The highest BCUT2D eigenvalue weighted by Crippen LogP contribution is 2.14. The van der Waals surface area contributed by atoms with Gasteiger partial charge in [-0.2, -0.15) is 0 Å². The third-order valence-corrected chi connectivity index (χ3v) is 1.81. The fourth-order valence-electron chi connectivity index (χ4n) is 1.35. The molecule has 0 saturated carbocycles. The molecule has 1 aliphatic rings. The molecule has 0 N–H and O–H groups in total. The van der Waals surface area contributed by atoms with Gasteiger partial charge >= 0.3 is 0 Å². The fraction of sp³-hybridized carbons (Fsp3) is 0.875. The van der Waals surface area contributed by atoms with Gasteiger partial charge < -0.3 is 28.5 Å². The van der Waals surface area contributed by atoms with Gasteiger partial charge in [0.2, 0.25) is 5.91 Å². The van der Waals surface area contributed by atoms with Crippen LogP contribution in [0.1, 0.15) is 6.42 Å². The summed E-state index contributed by atoms with van der Waals surface area (Å²) >= 11 is 0. The Bertz CT molecular complexity index is 191. The Labute approximate surface area is 96.4 Å². The van der Waals surface area contributed by atoms with Gasteiger partial charge in [-0.15, -0.1) is 0 Å². The molecule has 0 aromatic rings. The zero-order valence-corrected chi connectivity index (χ0v) is 10.7. The van der Waals surface area contributed by atoms with Gasteiger partial charge in [0, 0.05) is 7.05 Å². The molecule has 4 nitrogen and oxygen atoms in total. The number of halogens is 1. The van der Waals surface area contributed by atoms with Crippen molar-refractivity contribution in [2.24, 2.45) is 0 Å². The lowest BCUT2D eigenvalue weighted by Crippen LogP contribution is -3.00. The molecule has 0 aliphatic carbocycles. The van der Waals surface area contributed by atoms with Crippen LogP contribution in [0.5, 0.6) is 0 Å². The third kappa shape index (κ3) is 4.24. The number of quaternary nitrogens is 1. The Balaban J connectivity index is 0.00000144. The maximum atomic E-state index is 11.1. The second kappa shape index (κ2) is 4.56. The molecule has 1 unspecified atom stereocenters. The summed E-state index contributed by atoms with van der Waals surface area (Å²) in [6.45, 7) is 0.871. The molecule has 1 fully saturated rings. The van der Waals surface area contributed by atoms with E-state index in [1.54, 1.807) is 7.05 Å². The fourth-order valence-corrected chi connectivity index (χ4v) is 1.35. The maximum Gasteiger partial charge on any atom is 0.248 e. The minimum Gasteiger partial charge on any atom is -1.00 e. The number of likely N-dealkylation sites (N-methyl/N-ethyl adjacent to an activating group) is 1. The molecule has 0 aromatic heterocycles. The van der Waals surface area contributed by atoms with E-state index in [-0.39, 0.29) is 36.0 Å². The van der Waals surface area contributed by atoms with Gasteiger partial charge in [-0.25, -0.2) is 5.06 Å². The van der Waals surface area contributed by atoms with Crippen molar-refractivity contribution in [3.8, 4) is 0 Å². The summed E-state index contributed by atoms with van der Waals surface area (Å²) < 4.78 is 0.825. The molecule has 0 radical (unpaired) electrons. The van der Waals surface area contributed by atoms with E-state index in [1.807, 2.05) is 0 Å². The molecule has 1 aliphatic heterocycles. The summed E-state index contributed by atoms with van der Waals surface area (Å²) in [6.07, 6.45) is 0.578. The van der Waals surface area contributed by atoms with E-state index in [2.05, 4.69) is 21.1 Å². The van der Waals surface area contributed by atoms with Crippen LogP contribution in [0.2, 0.25) is 0 Å². The van der Waals surface area contributed by atoms with Gasteiger partial charge in [0.05, 0.1) is 27.6 Å². The minimum absolute atomic E-state index is 0. The number of carbonyl (C=O) groups excluding carboxylic acids is 1. The van der Waals surface area contributed by atoms with Gasteiger partial charge in [-0.3, -0.25) is 9.63 Å². The number of carbonyl (C=O) groups is 1. The molecule has 1 atom stereocenters. The first-order valence-corrected chi connectivity index (χ1v) is 4.12. The lowest BCUT2D eigenvalue weighted by atomic mass is 10.2. The standard InChI is InChI=1S/C8H17N2O2.HI/c1-9-8(11)5-7(12-9)6-10(2,3)4;/h7H,5-6H2,1-4H3;1H/q+1;/p-1. The first-order chi connectivity index (χ1) is 5.38. The van der Waals surface area contributed by atoms with E-state index >= 15 is 0 Å². The van der Waals surface area contributed by atoms with Gasteiger partial charge in [0.15, 0.2) is 0 Å². The molecule has 1 saturated heterocycles. The Morgan fingerprint density at radius 3 is 2.38 bits per heavy atom. The number of hydroxylamine groups is 2. The van der Waals surface area contributed by atoms with Crippen LogP contribution >= 0.6 is 0 Å². The SMILES string of the molecule is CN1OC(C[N+](C)(C)C)CC1=O.[I-]. The van der Waals surface area contributed by atoms with Crippen LogP contribution in [0.3, 0.4) is 0 Å². The van der Waals surface area contributed by atoms with Crippen molar-refractivity contribution < 1.29 is 38.1 Å². The molecule has 0 bridgehead atoms. The van der Waals surface area contributed by atoms with Crippen molar-refractivity contribution >= 4 is 5.91 Å². The monoisotopic (exact) mass is 300 g/mol. The van der Waals surface area contributed by atoms with Gasteiger partial charge in [0.1, 0.15) is 12.6 Å². The van der Waals surface area contributed by atoms with Crippen LogP contribution in [-0.4, -0.2) is 56.3 Å². The molecular weight excluding hydrogens is 283 g/mol. The van der Waals surface area contributed by atoms with Crippen molar-refractivity contribution in [3.05, 3.63) is 0 Å². The van der Waals surface area contributed by atoms with E-state index in [0.29, 0.717) is 6.42 Å². The van der Waals surface area contributed by atoms with Crippen molar-refractivity contribution in [3.63, 3.8) is 0 Å². The predicted molar refractivity (Wildman–Crippen MR) is 45.2 cm³/mol. The van der Waals surface area contributed by atoms with Crippen LogP contribution in [0.4, 0.5) is 0 Å². The molecule has 0 spiro atoms.